The molecule has 8 aromatic rings. The van der Waals surface area contributed by atoms with Crippen molar-refractivity contribution in [1.29, 1.82) is 10.5 Å². The number of aromatic hydroxyl groups is 1. The summed E-state index contributed by atoms with van der Waals surface area (Å²) in [7, 11) is -15.3. The number of hydrogen-bond donors (Lipinski definition) is 3. The van der Waals surface area contributed by atoms with Crippen LogP contribution in [0, 0.1) is 36.5 Å². The number of sulfone groups is 5. The van der Waals surface area contributed by atoms with Crippen LogP contribution in [0.25, 0.3) is 0 Å². The number of aryl methyl sites for hydroxylation is 2. The minimum Gasteiger partial charge on any atom is -0.508 e. The van der Waals surface area contributed by atoms with E-state index in [2.05, 4.69) is 69.5 Å². The molecule has 8 heterocycles. The summed E-state index contributed by atoms with van der Waals surface area (Å²) in [5.74, 6) is 1.43. The molecule has 5 aromatic carbocycles. The molecule has 0 saturated heterocycles. The molecule has 0 unspecified atom stereocenters. The van der Waals surface area contributed by atoms with E-state index in [9.17, 15) is 76.0 Å². The number of phenolic OH excluding ortho intramolecular Hbond substituents is 1. The summed E-state index contributed by atoms with van der Waals surface area (Å²) in [5, 5.41) is 33.2. The number of nitriles is 2. The molecule has 0 saturated carbocycles. The first-order valence-electron chi connectivity index (χ1n) is 38.1. The van der Waals surface area contributed by atoms with Gasteiger partial charge in [-0.15, -0.1) is 0 Å². The number of fused-ring (bicyclic) bond motifs is 5. The number of halogens is 2. The number of phenols is 1. The first-order valence-corrected chi connectivity index (χ1v) is 49.9. The smallest absolute Gasteiger partial charge is 0.407 e. The molecule has 658 valence electrons. The second-order valence-corrected chi connectivity index (χ2v) is 42.1. The molecule has 34 nitrogen and oxygen atoms in total. The highest BCUT2D eigenvalue weighted by Gasteiger charge is 2.32. The second-order valence-electron chi connectivity index (χ2n) is 29.6. The van der Waals surface area contributed by atoms with Gasteiger partial charge in [0.2, 0.25) is 41.3 Å². The van der Waals surface area contributed by atoms with Crippen molar-refractivity contribution in [3.05, 3.63) is 189 Å². The quantitative estimate of drug-likeness (QED) is 0.0472. The number of benzene rings is 5. The van der Waals surface area contributed by atoms with Gasteiger partial charge in [-0.2, -0.15) is 10.5 Å². The largest absolute Gasteiger partial charge is 0.508 e. The van der Waals surface area contributed by atoms with E-state index in [1.165, 1.54) is 69.5 Å². The first-order chi connectivity index (χ1) is 57.7. The van der Waals surface area contributed by atoms with Gasteiger partial charge in [-0.1, -0.05) is 70.0 Å². The van der Waals surface area contributed by atoms with Crippen molar-refractivity contribution >= 4 is 141 Å². The lowest BCUT2D eigenvalue weighted by Gasteiger charge is -2.30. The van der Waals surface area contributed by atoms with Crippen molar-refractivity contribution in [3.63, 3.8) is 0 Å². The van der Waals surface area contributed by atoms with Crippen LogP contribution in [0.15, 0.2) is 128 Å². The maximum absolute atomic E-state index is 12.4. The predicted octanol–water partition coefficient (Wildman–Crippen LogP) is 9.42. The van der Waals surface area contributed by atoms with Crippen molar-refractivity contribution in [2.45, 2.75) is 111 Å². The Hall–Kier alpha value is -11.1. The molecular formula is C82H96BrClN14O20S5. The number of hydrogen-bond acceptors (Lipinski definition) is 28. The summed E-state index contributed by atoms with van der Waals surface area (Å²) in [6, 6.07) is 35.5. The Kier molecular flexibility index (Phi) is 36.0. The molecule has 41 heteroatoms. The van der Waals surface area contributed by atoms with Crippen LogP contribution in [0.5, 0.6) is 29.0 Å². The lowest BCUT2D eigenvalue weighted by molar-refractivity contribution is -0.119. The molecule has 5 aliphatic rings. The number of alkyl halides is 1. The van der Waals surface area contributed by atoms with Gasteiger partial charge in [0.1, 0.15) is 120 Å². The van der Waals surface area contributed by atoms with Crippen molar-refractivity contribution in [3.8, 4) is 41.1 Å². The minimum absolute atomic E-state index is 0.00607. The highest BCUT2D eigenvalue weighted by molar-refractivity contribution is 9.09. The maximum Gasteiger partial charge on any atom is 0.407 e. The number of carbonyl (C=O) groups excluding carboxylic acids is 6. The molecule has 0 atom stereocenters. The normalized spacial score (nSPS) is 14.0. The Balaban J connectivity index is 0.000000208. The van der Waals surface area contributed by atoms with E-state index in [4.69, 9.17) is 36.3 Å². The topological polar surface area (TPSA) is 483 Å². The summed E-state index contributed by atoms with van der Waals surface area (Å²) >= 11 is 8.43. The van der Waals surface area contributed by atoms with Crippen molar-refractivity contribution < 1.29 is 90.2 Å². The van der Waals surface area contributed by atoms with Gasteiger partial charge in [-0.3, -0.25) is 24.0 Å². The summed E-state index contributed by atoms with van der Waals surface area (Å²) < 4.78 is 128. The van der Waals surface area contributed by atoms with Crippen LogP contribution in [0.2, 0.25) is 5.15 Å². The highest BCUT2D eigenvalue weighted by Crippen LogP contribution is 2.40. The monoisotopic (exact) mass is 1870 g/mol. The molecule has 13 rings (SSSR count). The van der Waals surface area contributed by atoms with E-state index in [0.29, 0.717) is 88.8 Å². The van der Waals surface area contributed by atoms with Gasteiger partial charge in [0.15, 0.2) is 0 Å². The zero-order valence-electron chi connectivity index (χ0n) is 69.3. The van der Waals surface area contributed by atoms with Gasteiger partial charge >= 0.3 is 6.09 Å². The van der Waals surface area contributed by atoms with Crippen LogP contribution in [0.1, 0.15) is 109 Å². The zero-order valence-corrected chi connectivity index (χ0v) is 75.8. The molecule has 6 amide bonds. The molecule has 0 radical (unpaired) electrons. The summed E-state index contributed by atoms with van der Waals surface area (Å²) in [5.41, 5.74) is 11.3. The second kappa shape index (κ2) is 44.8. The van der Waals surface area contributed by atoms with Gasteiger partial charge in [0, 0.05) is 141 Å². The van der Waals surface area contributed by atoms with E-state index < -0.39 is 60.9 Å². The van der Waals surface area contributed by atoms with Crippen LogP contribution in [-0.4, -0.2) is 210 Å². The van der Waals surface area contributed by atoms with E-state index in [0.717, 1.165) is 65.2 Å². The SMILES string of the molecule is CC(C)(C)OC(=O)NCc1cc(Oc2cccc3c2CCC(=O)N3CCS(C)(=O)=O)ncn1.CS(=O)(=O)CCBr.CS(=O)(=O)CCN1C(=O)CCc2c(O)cccc21.CS(=O)(=O)CCN1C(=O)CCc2c(Oc3cc(C#N)ncn3)cccc21.Cc1cccc2c1CCC(=O)N2.Cc1cccc2c1CCC(=O)N2CCS(C)(=O)=O.N#Cc1cc(Cl)ncn1. The molecule has 0 bridgehead atoms. The lowest BCUT2D eigenvalue weighted by atomic mass is 9.97. The average molecular weight is 1870 g/mol. The number of aromatic nitrogens is 6. The van der Waals surface area contributed by atoms with E-state index in [1.807, 2.05) is 49.4 Å². The average Bonchev–Trinajstić information content (AvgIpc) is 0.801. The number of anilines is 5. The number of nitrogens with zero attached hydrogens (tertiary/aromatic N) is 12. The predicted molar refractivity (Wildman–Crippen MR) is 469 cm³/mol. The Morgan fingerprint density at radius 3 is 1.28 bits per heavy atom. The minimum atomic E-state index is -3.22. The van der Waals surface area contributed by atoms with Crippen molar-refractivity contribution in [2.75, 3.05) is 116 Å². The fourth-order valence-electron chi connectivity index (χ4n) is 12.5. The van der Waals surface area contributed by atoms with Crippen LogP contribution in [0.4, 0.5) is 33.2 Å². The van der Waals surface area contributed by atoms with Crippen LogP contribution >= 0.6 is 27.5 Å². The van der Waals surface area contributed by atoms with Crippen molar-refractivity contribution in [2.24, 2.45) is 0 Å². The van der Waals surface area contributed by atoms with E-state index >= 15 is 0 Å². The van der Waals surface area contributed by atoms with Gasteiger partial charge in [-0.05, 0) is 138 Å². The Morgan fingerprint density at radius 1 is 0.488 bits per heavy atom. The molecular weight excluding hydrogens is 1780 g/mol. The maximum atomic E-state index is 12.4. The molecule has 3 N–H and O–H groups in total. The molecule has 0 spiro atoms. The first kappa shape index (κ1) is 99.0. The Bertz CT molecular complexity index is 5790. The molecule has 0 fully saturated rings. The van der Waals surface area contributed by atoms with Crippen LogP contribution in [0.3, 0.4) is 0 Å². The molecule has 0 aliphatic carbocycles. The van der Waals surface area contributed by atoms with Crippen LogP contribution in [-0.2, 0) is 117 Å². The zero-order chi connectivity index (χ0) is 90.8. The van der Waals surface area contributed by atoms with E-state index in [-0.39, 0.29) is 133 Å². The number of rotatable bonds is 20. The summed E-state index contributed by atoms with van der Waals surface area (Å²) in [6.07, 6.45) is 14.1. The summed E-state index contributed by atoms with van der Waals surface area (Å²) in [4.78, 5) is 101. The lowest BCUT2D eigenvalue weighted by Crippen LogP contribution is -2.38. The van der Waals surface area contributed by atoms with Crippen molar-refractivity contribution in [1.82, 2.24) is 35.2 Å². The van der Waals surface area contributed by atoms with Gasteiger partial charge in [-0.25, -0.2) is 76.8 Å². The fourth-order valence-corrected chi connectivity index (χ4v) is 16.7. The number of amides is 6. The number of alkyl carbamates (subject to hydrolysis) is 1. The molecule has 5 aliphatic heterocycles. The molecule has 123 heavy (non-hydrogen) atoms. The third-order valence-electron chi connectivity index (χ3n) is 18.4. The van der Waals surface area contributed by atoms with Gasteiger partial charge in [0.05, 0.1) is 58.1 Å². The number of nitrogens with one attached hydrogen (secondary N) is 2. The summed E-state index contributed by atoms with van der Waals surface area (Å²) in [6.45, 7) is 10.1. The Labute approximate surface area is 729 Å². The number of ether oxygens (including phenoxy) is 3. The Morgan fingerprint density at radius 2 is 0.862 bits per heavy atom. The fraction of sp³-hybridized carbons (Fsp3) is 0.390. The standard InChI is InChI=1S/C22H28N4O6S.C17H16N4O4S.C13H17NO3S.C12H15NO4S.C10H11NO.C5H2ClN3.C3H7BrO2S/c1-22(2,3)32-21(28)23-13-15-12-19(25-14-24-15)31-18-7-5-6-17-16(18)8-9-20(27)26(17)10-11-33(4,29)30;1-26(23,24)8-7-21-14-3-2-4-15(13(14)5-6-17(21)22)25-16-9-12(10-18)19-11-20-16;1-10-4-3-5-12-11(10)6-7-13(15)14(12)8-9-18(2,16)17;1-18(16,17)8-7-13-10-3-2-4-11(14)9(10)5-6-12(13)15;1-7-3-2-4-9-8(7)5-6-10(12)11-9;6-5-1-4(2-7)8-3-9-5;1-7(5,6)3-2-4/h5-7,12,14H,8-11,13H2,1-4H3,(H,23,28);2-4,9,11H,5-8H2,1H3;3-5H,6-9H2,1-2H3;2-4,14H,5-8H2,1H3;2-4H,5-6H2,1H3,(H,11,12);1,3H;2-3H2,1H3. The highest BCUT2D eigenvalue weighted by atomic mass is 79.9. The third kappa shape index (κ3) is 32.9. The molecule has 3 aromatic heterocycles. The number of carbonyl (C=O) groups is 6. The van der Waals surface area contributed by atoms with E-state index in [1.54, 1.807) is 86.3 Å². The van der Waals surface area contributed by atoms with Gasteiger partial charge in [0.25, 0.3) is 0 Å². The van der Waals surface area contributed by atoms with Gasteiger partial charge < -0.3 is 49.6 Å². The third-order valence-corrected chi connectivity index (χ3v) is 24.1. The van der Waals surface area contributed by atoms with Crippen LogP contribution < -0.4 is 39.7 Å².